The van der Waals surface area contributed by atoms with Gasteiger partial charge in [-0.2, -0.15) is 5.10 Å². The van der Waals surface area contributed by atoms with Crippen LogP contribution in [0.4, 0.5) is 0 Å². The van der Waals surface area contributed by atoms with Crippen molar-refractivity contribution in [1.29, 1.82) is 0 Å². The van der Waals surface area contributed by atoms with Crippen LogP contribution in [-0.2, 0) is 6.54 Å². The molecule has 1 rings (SSSR count). The molecule has 2 unspecified atom stereocenters. The lowest BCUT2D eigenvalue weighted by molar-refractivity contribution is 0.348. The fourth-order valence-electron chi connectivity index (χ4n) is 2.31. The van der Waals surface area contributed by atoms with Gasteiger partial charge in [-0.25, -0.2) is 0 Å². The van der Waals surface area contributed by atoms with Gasteiger partial charge in [-0.05, 0) is 31.9 Å². The molecule has 3 nitrogen and oxygen atoms in total. The van der Waals surface area contributed by atoms with Crippen molar-refractivity contribution >= 4 is 0 Å². The molecule has 92 valence electrons. The quantitative estimate of drug-likeness (QED) is 0.770. The van der Waals surface area contributed by atoms with Gasteiger partial charge in [0, 0.05) is 12.7 Å². The average Bonchev–Trinajstić information content (AvgIpc) is 2.73. The molecular weight excluding hydrogens is 198 g/mol. The molecule has 0 bridgehead atoms. The zero-order chi connectivity index (χ0) is 12.0. The van der Waals surface area contributed by atoms with Crippen molar-refractivity contribution < 1.29 is 0 Å². The van der Waals surface area contributed by atoms with Crippen LogP contribution in [-0.4, -0.2) is 16.3 Å². The summed E-state index contributed by atoms with van der Waals surface area (Å²) in [7, 11) is 0. The predicted octanol–water partition coefficient (Wildman–Crippen LogP) is 2.99. The van der Waals surface area contributed by atoms with Crippen LogP contribution in [0.25, 0.3) is 0 Å². The van der Waals surface area contributed by atoms with Crippen molar-refractivity contribution in [3.05, 3.63) is 18.0 Å². The highest BCUT2D eigenvalue weighted by molar-refractivity contribution is 5.08. The second kappa shape index (κ2) is 6.69. The second-order valence-corrected chi connectivity index (χ2v) is 4.37. The van der Waals surface area contributed by atoms with Gasteiger partial charge in [0.1, 0.15) is 0 Å². The standard InChI is InChI=1S/C13H25N3/c1-5-8-11(4)13(14-6-2)12-9-10-15-16(12)7-3/h9-11,13-14H,5-8H2,1-4H3. The Morgan fingerprint density at radius 1 is 1.38 bits per heavy atom. The van der Waals surface area contributed by atoms with Crippen LogP contribution in [0.1, 0.15) is 52.3 Å². The summed E-state index contributed by atoms with van der Waals surface area (Å²) in [5.74, 6) is 0.659. The first kappa shape index (κ1) is 13.2. The SMILES string of the molecule is CCCC(C)C(NCC)c1ccnn1CC. The first-order valence-electron chi connectivity index (χ1n) is 6.49. The fourth-order valence-corrected chi connectivity index (χ4v) is 2.31. The molecule has 0 aliphatic rings. The lowest BCUT2D eigenvalue weighted by Gasteiger charge is -2.25. The molecular formula is C13H25N3. The number of hydrogen-bond acceptors (Lipinski definition) is 2. The van der Waals surface area contributed by atoms with Gasteiger partial charge < -0.3 is 5.32 Å². The summed E-state index contributed by atoms with van der Waals surface area (Å²) >= 11 is 0. The third-order valence-electron chi connectivity index (χ3n) is 3.10. The Labute approximate surface area is 99.2 Å². The van der Waals surface area contributed by atoms with Crippen LogP contribution in [0.15, 0.2) is 12.3 Å². The van der Waals surface area contributed by atoms with Gasteiger partial charge in [0.05, 0.1) is 11.7 Å². The molecule has 1 heterocycles. The molecule has 0 aliphatic carbocycles. The molecule has 0 saturated carbocycles. The van der Waals surface area contributed by atoms with E-state index in [1.807, 2.05) is 6.20 Å². The van der Waals surface area contributed by atoms with E-state index in [0.29, 0.717) is 12.0 Å². The molecule has 1 N–H and O–H groups in total. The number of aryl methyl sites for hydroxylation is 1. The molecule has 0 aromatic carbocycles. The number of hydrogen-bond donors (Lipinski definition) is 1. The van der Waals surface area contributed by atoms with E-state index >= 15 is 0 Å². The molecule has 0 fully saturated rings. The van der Waals surface area contributed by atoms with E-state index in [9.17, 15) is 0 Å². The number of nitrogens with zero attached hydrogens (tertiary/aromatic N) is 2. The van der Waals surface area contributed by atoms with Crippen LogP contribution in [0, 0.1) is 5.92 Å². The molecule has 1 aromatic rings. The highest BCUT2D eigenvalue weighted by atomic mass is 15.3. The van der Waals surface area contributed by atoms with Gasteiger partial charge in [-0.15, -0.1) is 0 Å². The Hall–Kier alpha value is -0.830. The highest BCUT2D eigenvalue weighted by Gasteiger charge is 2.20. The van der Waals surface area contributed by atoms with E-state index in [4.69, 9.17) is 0 Å². The lowest BCUT2D eigenvalue weighted by atomic mass is 9.94. The highest BCUT2D eigenvalue weighted by Crippen LogP contribution is 2.25. The largest absolute Gasteiger partial charge is 0.309 e. The summed E-state index contributed by atoms with van der Waals surface area (Å²) in [6, 6.07) is 2.58. The molecule has 0 aliphatic heterocycles. The normalized spacial score (nSPS) is 15.0. The van der Waals surface area contributed by atoms with E-state index in [1.165, 1.54) is 18.5 Å². The molecule has 16 heavy (non-hydrogen) atoms. The predicted molar refractivity (Wildman–Crippen MR) is 68.4 cm³/mol. The molecule has 3 heteroatoms. The minimum absolute atomic E-state index is 0.437. The first-order chi connectivity index (χ1) is 7.74. The molecule has 2 atom stereocenters. The van der Waals surface area contributed by atoms with Crippen LogP contribution in [0.3, 0.4) is 0 Å². The number of rotatable bonds is 7. The Morgan fingerprint density at radius 3 is 2.69 bits per heavy atom. The van der Waals surface area contributed by atoms with Crippen molar-refractivity contribution in [3.8, 4) is 0 Å². The van der Waals surface area contributed by atoms with Crippen molar-refractivity contribution in [2.75, 3.05) is 6.54 Å². The molecule has 0 spiro atoms. The maximum atomic E-state index is 4.36. The third-order valence-corrected chi connectivity index (χ3v) is 3.10. The summed E-state index contributed by atoms with van der Waals surface area (Å²) in [5, 5.41) is 7.94. The van der Waals surface area contributed by atoms with Crippen molar-refractivity contribution in [1.82, 2.24) is 15.1 Å². The minimum Gasteiger partial charge on any atom is -0.309 e. The summed E-state index contributed by atoms with van der Waals surface area (Å²) in [4.78, 5) is 0. The molecule has 0 amide bonds. The van der Waals surface area contributed by atoms with Crippen LogP contribution in [0.2, 0.25) is 0 Å². The summed E-state index contributed by atoms with van der Waals surface area (Å²) in [6.07, 6.45) is 4.40. The van der Waals surface area contributed by atoms with Crippen LogP contribution < -0.4 is 5.32 Å². The fraction of sp³-hybridized carbons (Fsp3) is 0.769. The Balaban J connectivity index is 2.83. The molecule has 1 aromatic heterocycles. The average molecular weight is 223 g/mol. The van der Waals surface area contributed by atoms with Crippen molar-refractivity contribution in [2.24, 2.45) is 5.92 Å². The molecule has 0 saturated heterocycles. The summed E-state index contributed by atoms with van der Waals surface area (Å²) in [6.45, 7) is 10.8. The van der Waals surface area contributed by atoms with Gasteiger partial charge in [0.2, 0.25) is 0 Å². The Morgan fingerprint density at radius 2 is 2.12 bits per heavy atom. The topological polar surface area (TPSA) is 29.9 Å². The summed E-state index contributed by atoms with van der Waals surface area (Å²) < 4.78 is 2.10. The second-order valence-electron chi connectivity index (χ2n) is 4.37. The van der Waals surface area contributed by atoms with Crippen molar-refractivity contribution in [2.45, 2.75) is 53.1 Å². The van der Waals surface area contributed by atoms with E-state index in [0.717, 1.165) is 13.1 Å². The maximum absolute atomic E-state index is 4.36. The number of nitrogens with one attached hydrogen (secondary N) is 1. The van der Waals surface area contributed by atoms with Crippen LogP contribution in [0.5, 0.6) is 0 Å². The summed E-state index contributed by atoms with van der Waals surface area (Å²) in [5.41, 5.74) is 1.32. The first-order valence-corrected chi connectivity index (χ1v) is 6.49. The monoisotopic (exact) mass is 223 g/mol. The van der Waals surface area contributed by atoms with Gasteiger partial charge in [-0.1, -0.05) is 27.2 Å². The molecule has 0 radical (unpaired) electrons. The van der Waals surface area contributed by atoms with Gasteiger partial charge in [-0.3, -0.25) is 4.68 Å². The number of aromatic nitrogens is 2. The zero-order valence-corrected chi connectivity index (χ0v) is 11.0. The van der Waals surface area contributed by atoms with E-state index in [-0.39, 0.29) is 0 Å². The lowest BCUT2D eigenvalue weighted by Crippen LogP contribution is -2.29. The Bertz CT molecular complexity index is 293. The van der Waals surface area contributed by atoms with Crippen molar-refractivity contribution in [3.63, 3.8) is 0 Å². The smallest absolute Gasteiger partial charge is 0.0556 e. The van der Waals surface area contributed by atoms with E-state index in [2.05, 4.69) is 48.9 Å². The van der Waals surface area contributed by atoms with Gasteiger partial charge in [0.25, 0.3) is 0 Å². The van der Waals surface area contributed by atoms with E-state index in [1.54, 1.807) is 0 Å². The van der Waals surface area contributed by atoms with Gasteiger partial charge in [0.15, 0.2) is 0 Å². The van der Waals surface area contributed by atoms with E-state index < -0.39 is 0 Å². The maximum Gasteiger partial charge on any atom is 0.0556 e. The Kier molecular flexibility index (Phi) is 5.53. The van der Waals surface area contributed by atoms with Crippen LogP contribution >= 0.6 is 0 Å². The zero-order valence-electron chi connectivity index (χ0n) is 11.0. The minimum atomic E-state index is 0.437. The van der Waals surface area contributed by atoms with Gasteiger partial charge >= 0.3 is 0 Å². The third kappa shape index (κ3) is 3.08.